The molecule has 2 aromatic carbocycles. The number of benzene rings is 2. The first kappa shape index (κ1) is 22.4. The minimum absolute atomic E-state index is 0.00146. The number of hydrogen-bond donors (Lipinski definition) is 2. The van der Waals surface area contributed by atoms with Gasteiger partial charge in [-0.2, -0.15) is 18.3 Å². The Hall–Kier alpha value is -2.84. The molecule has 1 amide bonds. The molecule has 0 atom stereocenters. The summed E-state index contributed by atoms with van der Waals surface area (Å²) in [5.74, 6) is -0.256. The van der Waals surface area contributed by atoms with Gasteiger partial charge in [0.2, 0.25) is 0 Å². The number of carbonyl (C=O) groups is 1. The van der Waals surface area contributed by atoms with Crippen molar-refractivity contribution < 1.29 is 23.1 Å². The van der Waals surface area contributed by atoms with Crippen molar-refractivity contribution in [2.24, 2.45) is 0 Å². The summed E-state index contributed by atoms with van der Waals surface area (Å²) in [6, 6.07) is 13.8. The van der Waals surface area contributed by atoms with Crippen molar-refractivity contribution in [3.8, 4) is 16.9 Å². The zero-order valence-electron chi connectivity index (χ0n) is 16.9. The van der Waals surface area contributed by atoms with Crippen LogP contribution in [0.2, 0.25) is 5.02 Å². The van der Waals surface area contributed by atoms with Gasteiger partial charge in [-0.1, -0.05) is 35.9 Å². The maximum atomic E-state index is 13.4. The summed E-state index contributed by atoms with van der Waals surface area (Å²) in [7, 11) is 0. The summed E-state index contributed by atoms with van der Waals surface area (Å²) in [5.41, 5.74) is 0.360. The Morgan fingerprint density at radius 2 is 1.72 bits per heavy atom. The number of amides is 1. The van der Waals surface area contributed by atoms with Crippen LogP contribution < -0.4 is 5.32 Å². The number of alkyl halides is 3. The van der Waals surface area contributed by atoms with Crippen LogP contribution in [0.4, 0.5) is 13.2 Å². The van der Waals surface area contributed by atoms with Gasteiger partial charge in [0, 0.05) is 17.2 Å². The average Bonchev–Trinajstić information content (AvgIpc) is 3.21. The van der Waals surface area contributed by atoms with Crippen molar-refractivity contribution in [1.82, 2.24) is 15.1 Å². The van der Waals surface area contributed by atoms with Gasteiger partial charge in [0.15, 0.2) is 5.69 Å². The quantitative estimate of drug-likeness (QED) is 0.555. The van der Waals surface area contributed by atoms with Crippen molar-refractivity contribution in [2.45, 2.75) is 44.0 Å². The van der Waals surface area contributed by atoms with Crippen LogP contribution in [0.5, 0.6) is 0 Å². The van der Waals surface area contributed by atoms with Gasteiger partial charge in [-0.05, 0) is 56.0 Å². The van der Waals surface area contributed by atoms with Crippen molar-refractivity contribution in [2.75, 3.05) is 0 Å². The lowest BCUT2D eigenvalue weighted by Crippen LogP contribution is -2.38. The molecule has 5 nitrogen and oxygen atoms in total. The Bertz CT molecular complexity index is 1100. The van der Waals surface area contributed by atoms with E-state index in [2.05, 4.69) is 10.4 Å². The standard InChI is InChI=1S/C23H21ClF3N3O2/c24-18-3-1-2-4-19(18)30-20(13-21(29-30)23(25,26)27)14-5-7-15(8-6-14)22(32)28-16-9-11-17(31)12-10-16/h1-8,13,16-17,31H,9-12H2,(H,28,32). The van der Waals surface area contributed by atoms with Crippen molar-refractivity contribution in [3.05, 3.63) is 70.9 Å². The van der Waals surface area contributed by atoms with Gasteiger partial charge in [0.1, 0.15) is 0 Å². The Kier molecular flexibility index (Phi) is 6.26. The van der Waals surface area contributed by atoms with E-state index in [4.69, 9.17) is 11.6 Å². The Morgan fingerprint density at radius 3 is 2.34 bits per heavy atom. The number of nitrogens with one attached hydrogen (secondary N) is 1. The van der Waals surface area contributed by atoms with E-state index in [-0.39, 0.29) is 28.8 Å². The summed E-state index contributed by atoms with van der Waals surface area (Å²) >= 11 is 6.20. The van der Waals surface area contributed by atoms with E-state index >= 15 is 0 Å². The van der Waals surface area contributed by atoms with E-state index in [0.717, 1.165) is 10.7 Å². The number of aromatic nitrogens is 2. The first-order valence-corrected chi connectivity index (χ1v) is 10.6. The summed E-state index contributed by atoms with van der Waals surface area (Å²) in [6.07, 6.45) is -2.21. The molecule has 0 saturated heterocycles. The molecule has 0 radical (unpaired) electrons. The molecule has 168 valence electrons. The number of nitrogens with zero attached hydrogens (tertiary/aromatic N) is 2. The van der Waals surface area contributed by atoms with Crippen LogP contribution in [0.15, 0.2) is 54.6 Å². The van der Waals surface area contributed by atoms with Crippen molar-refractivity contribution in [1.29, 1.82) is 0 Å². The maximum absolute atomic E-state index is 13.4. The summed E-state index contributed by atoms with van der Waals surface area (Å²) < 4.78 is 41.2. The molecule has 9 heteroatoms. The highest BCUT2D eigenvalue weighted by Crippen LogP contribution is 2.34. The molecule has 0 unspecified atom stereocenters. The van der Waals surface area contributed by atoms with Crippen LogP contribution in [0.3, 0.4) is 0 Å². The number of aliphatic hydroxyl groups excluding tert-OH is 1. The van der Waals surface area contributed by atoms with Gasteiger partial charge in [-0.25, -0.2) is 4.68 Å². The van der Waals surface area contributed by atoms with Crippen LogP contribution in [-0.4, -0.2) is 32.9 Å². The molecule has 1 fully saturated rings. The Labute approximate surface area is 187 Å². The molecule has 32 heavy (non-hydrogen) atoms. The average molecular weight is 464 g/mol. The predicted molar refractivity (Wildman–Crippen MR) is 115 cm³/mol. The second-order valence-electron chi connectivity index (χ2n) is 7.83. The summed E-state index contributed by atoms with van der Waals surface area (Å²) in [6.45, 7) is 0. The minimum Gasteiger partial charge on any atom is -0.393 e. The Balaban J connectivity index is 1.61. The fourth-order valence-corrected chi connectivity index (χ4v) is 4.03. The Morgan fingerprint density at radius 1 is 1.06 bits per heavy atom. The molecule has 0 aliphatic heterocycles. The monoisotopic (exact) mass is 463 g/mol. The van der Waals surface area contributed by atoms with E-state index in [1.165, 1.54) is 0 Å². The number of halogens is 4. The lowest BCUT2D eigenvalue weighted by atomic mass is 9.93. The SMILES string of the molecule is O=C(NC1CCC(O)CC1)c1ccc(-c2cc(C(F)(F)F)nn2-c2ccccc2Cl)cc1. The summed E-state index contributed by atoms with van der Waals surface area (Å²) in [5, 5.41) is 16.5. The first-order valence-electron chi connectivity index (χ1n) is 10.2. The fourth-order valence-electron chi connectivity index (χ4n) is 3.81. The number of rotatable bonds is 4. The summed E-state index contributed by atoms with van der Waals surface area (Å²) in [4.78, 5) is 12.6. The molecule has 2 N–H and O–H groups in total. The largest absolute Gasteiger partial charge is 0.435 e. The number of para-hydroxylation sites is 1. The van der Waals surface area contributed by atoms with Crippen LogP contribution in [0, 0.1) is 0 Å². The molecule has 1 aliphatic carbocycles. The van der Waals surface area contributed by atoms with Crippen LogP contribution in [0.1, 0.15) is 41.7 Å². The van der Waals surface area contributed by atoms with Gasteiger partial charge >= 0.3 is 6.18 Å². The third-order valence-electron chi connectivity index (χ3n) is 5.56. The zero-order chi connectivity index (χ0) is 22.9. The van der Waals surface area contributed by atoms with Gasteiger partial charge in [0.25, 0.3) is 5.91 Å². The van der Waals surface area contributed by atoms with E-state index in [1.807, 2.05) is 0 Å². The highest BCUT2D eigenvalue weighted by atomic mass is 35.5. The molecular weight excluding hydrogens is 443 g/mol. The topological polar surface area (TPSA) is 67.2 Å². The van der Waals surface area contributed by atoms with Crippen molar-refractivity contribution >= 4 is 17.5 Å². The molecule has 1 aromatic heterocycles. The minimum atomic E-state index is -4.62. The number of carbonyl (C=O) groups excluding carboxylic acids is 1. The smallest absolute Gasteiger partial charge is 0.393 e. The first-order chi connectivity index (χ1) is 15.2. The van der Waals surface area contributed by atoms with E-state index < -0.39 is 11.9 Å². The van der Waals surface area contributed by atoms with E-state index in [1.54, 1.807) is 48.5 Å². The molecule has 4 rings (SSSR count). The predicted octanol–water partition coefficient (Wildman–Crippen LogP) is 5.24. The third-order valence-corrected chi connectivity index (χ3v) is 5.87. The van der Waals surface area contributed by atoms with Gasteiger partial charge in [-0.3, -0.25) is 4.79 Å². The van der Waals surface area contributed by atoms with Gasteiger partial charge in [-0.15, -0.1) is 0 Å². The van der Waals surface area contributed by atoms with Crippen LogP contribution >= 0.6 is 11.6 Å². The molecular formula is C23H21ClF3N3O2. The van der Waals surface area contributed by atoms with Crippen LogP contribution in [0.25, 0.3) is 16.9 Å². The molecule has 1 heterocycles. The highest BCUT2D eigenvalue weighted by Gasteiger charge is 2.35. The lowest BCUT2D eigenvalue weighted by molar-refractivity contribution is -0.141. The van der Waals surface area contributed by atoms with Crippen LogP contribution in [-0.2, 0) is 6.18 Å². The third kappa shape index (κ3) is 4.81. The molecule has 0 spiro atoms. The molecule has 1 aliphatic rings. The molecule has 1 saturated carbocycles. The molecule has 0 bridgehead atoms. The second kappa shape index (κ2) is 8.96. The lowest BCUT2D eigenvalue weighted by Gasteiger charge is -2.26. The van der Waals surface area contributed by atoms with Gasteiger partial charge < -0.3 is 10.4 Å². The molecule has 3 aromatic rings. The maximum Gasteiger partial charge on any atom is 0.435 e. The van der Waals surface area contributed by atoms with Crippen molar-refractivity contribution in [3.63, 3.8) is 0 Å². The number of hydrogen-bond acceptors (Lipinski definition) is 3. The van der Waals surface area contributed by atoms with E-state index in [0.29, 0.717) is 42.5 Å². The zero-order valence-corrected chi connectivity index (χ0v) is 17.7. The van der Waals surface area contributed by atoms with Gasteiger partial charge in [0.05, 0.1) is 22.5 Å². The fraction of sp³-hybridized carbons (Fsp3) is 0.304. The number of aliphatic hydroxyl groups is 1. The second-order valence-corrected chi connectivity index (χ2v) is 8.24. The normalized spacial score (nSPS) is 19.0. The van der Waals surface area contributed by atoms with E-state index in [9.17, 15) is 23.1 Å². The highest BCUT2D eigenvalue weighted by molar-refractivity contribution is 6.32.